The molecular weight excluding hydrogens is 210 g/mol. The second-order valence-electron chi connectivity index (χ2n) is 2.68. The molecule has 1 aromatic carbocycles. The highest BCUT2D eigenvalue weighted by Crippen LogP contribution is 2.17. The minimum absolute atomic E-state index is 0.147. The summed E-state index contributed by atoms with van der Waals surface area (Å²) in [5, 5.41) is 2.60. The smallest absolute Gasteiger partial charge is 0.177 e. The van der Waals surface area contributed by atoms with Crippen LogP contribution >= 0.6 is 0 Å². The van der Waals surface area contributed by atoms with Gasteiger partial charge in [0.2, 0.25) is 0 Å². The maximum absolute atomic E-state index is 13.0. The standard InChI is InChI=1S/C10H7F4N/c1-15-4-2-3-6-9(13)7(11)5-8(12)10(6)14/h5,15H,4H2,1H3. The van der Waals surface area contributed by atoms with Gasteiger partial charge in [-0.1, -0.05) is 11.8 Å². The van der Waals surface area contributed by atoms with E-state index < -0.39 is 28.8 Å². The molecule has 0 bridgehead atoms. The molecule has 0 aromatic heterocycles. The highest BCUT2D eigenvalue weighted by Gasteiger charge is 2.17. The fourth-order valence-electron chi connectivity index (χ4n) is 0.904. The quantitative estimate of drug-likeness (QED) is 0.430. The van der Waals surface area contributed by atoms with Gasteiger partial charge in [0.15, 0.2) is 23.3 Å². The summed E-state index contributed by atoms with van der Waals surface area (Å²) in [5.41, 5.74) is -0.886. The van der Waals surface area contributed by atoms with Gasteiger partial charge in [0, 0.05) is 6.07 Å². The van der Waals surface area contributed by atoms with Crippen LogP contribution in [0, 0.1) is 35.1 Å². The van der Waals surface area contributed by atoms with Gasteiger partial charge in [0.25, 0.3) is 0 Å². The summed E-state index contributed by atoms with van der Waals surface area (Å²) in [6.07, 6.45) is 0. The Hall–Kier alpha value is -1.54. The minimum atomic E-state index is -1.47. The lowest BCUT2D eigenvalue weighted by atomic mass is 10.2. The van der Waals surface area contributed by atoms with Crippen LogP contribution in [-0.4, -0.2) is 13.6 Å². The van der Waals surface area contributed by atoms with E-state index in [0.717, 1.165) is 0 Å². The maximum Gasteiger partial charge on any atom is 0.177 e. The first kappa shape index (κ1) is 11.5. The predicted molar refractivity (Wildman–Crippen MR) is 47.1 cm³/mol. The molecule has 0 aliphatic rings. The Morgan fingerprint density at radius 1 is 1.13 bits per heavy atom. The van der Waals surface area contributed by atoms with Gasteiger partial charge < -0.3 is 5.32 Å². The largest absolute Gasteiger partial charge is 0.309 e. The van der Waals surface area contributed by atoms with Crippen LogP contribution < -0.4 is 5.32 Å². The van der Waals surface area contributed by atoms with Crippen molar-refractivity contribution in [1.82, 2.24) is 5.32 Å². The molecule has 1 N–H and O–H groups in total. The lowest BCUT2D eigenvalue weighted by Gasteiger charge is -1.99. The van der Waals surface area contributed by atoms with Crippen molar-refractivity contribution in [2.24, 2.45) is 0 Å². The van der Waals surface area contributed by atoms with Crippen LogP contribution in [0.4, 0.5) is 17.6 Å². The topological polar surface area (TPSA) is 12.0 Å². The van der Waals surface area contributed by atoms with Crippen LogP contribution in [0.2, 0.25) is 0 Å². The van der Waals surface area contributed by atoms with Gasteiger partial charge in [-0.2, -0.15) is 0 Å². The first-order valence-corrected chi connectivity index (χ1v) is 4.04. The molecule has 0 aliphatic carbocycles. The number of rotatable bonds is 1. The van der Waals surface area contributed by atoms with Crippen LogP contribution in [0.1, 0.15) is 5.56 Å². The van der Waals surface area contributed by atoms with Crippen molar-refractivity contribution in [3.8, 4) is 11.8 Å². The number of halogens is 4. The van der Waals surface area contributed by atoms with Crippen LogP contribution in [0.5, 0.6) is 0 Å². The van der Waals surface area contributed by atoms with Crippen molar-refractivity contribution in [1.29, 1.82) is 0 Å². The lowest BCUT2D eigenvalue weighted by molar-refractivity contribution is 0.450. The number of hydrogen-bond donors (Lipinski definition) is 1. The average molecular weight is 217 g/mol. The molecule has 15 heavy (non-hydrogen) atoms. The third-order valence-electron chi connectivity index (χ3n) is 1.59. The van der Waals surface area contributed by atoms with Gasteiger partial charge in [0.1, 0.15) is 5.56 Å². The van der Waals surface area contributed by atoms with Crippen LogP contribution in [0.15, 0.2) is 6.07 Å². The van der Waals surface area contributed by atoms with E-state index in [1.54, 1.807) is 7.05 Å². The molecule has 0 unspecified atom stereocenters. The molecule has 0 fully saturated rings. The van der Waals surface area contributed by atoms with Crippen molar-refractivity contribution < 1.29 is 17.6 Å². The summed E-state index contributed by atoms with van der Waals surface area (Å²) in [4.78, 5) is 0. The molecule has 0 aliphatic heterocycles. The first-order chi connectivity index (χ1) is 7.07. The second-order valence-corrected chi connectivity index (χ2v) is 2.68. The third-order valence-corrected chi connectivity index (χ3v) is 1.59. The van der Waals surface area contributed by atoms with Gasteiger partial charge >= 0.3 is 0 Å². The highest BCUT2D eigenvalue weighted by molar-refractivity contribution is 5.38. The van der Waals surface area contributed by atoms with E-state index in [2.05, 4.69) is 11.2 Å². The molecule has 0 heterocycles. The van der Waals surface area contributed by atoms with E-state index >= 15 is 0 Å². The fourth-order valence-corrected chi connectivity index (χ4v) is 0.904. The average Bonchev–Trinajstić information content (AvgIpc) is 2.20. The lowest BCUT2D eigenvalue weighted by Crippen LogP contribution is -2.05. The molecule has 0 atom stereocenters. The molecule has 1 aromatic rings. The van der Waals surface area contributed by atoms with Crippen molar-refractivity contribution >= 4 is 0 Å². The van der Waals surface area contributed by atoms with Crippen LogP contribution in [-0.2, 0) is 0 Å². The van der Waals surface area contributed by atoms with Crippen molar-refractivity contribution in [2.75, 3.05) is 13.6 Å². The summed E-state index contributed by atoms with van der Waals surface area (Å²) < 4.78 is 51.3. The number of benzene rings is 1. The van der Waals surface area contributed by atoms with E-state index in [0.29, 0.717) is 0 Å². The Kier molecular flexibility index (Phi) is 3.69. The molecule has 1 nitrogen and oxygen atoms in total. The number of nitrogens with one attached hydrogen (secondary N) is 1. The molecule has 0 amide bonds. The summed E-state index contributed by atoms with van der Waals surface area (Å²) in [6.45, 7) is 0.164. The summed E-state index contributed by atoms with van der Waals surface area (Å²) in [7, 11) is 1.58. The number of hydrogen-bond acceptors (Lipinski definition) is 1. The molecule has 1 rings (SSSR count). The Balaban J connectivity index is 3.23. The van der Waals surface area contributed by atoms with Crippen molar-refractivity contribution in [3.05, 3.63) is 34.9 Å². The maximum atomic E-state index is 13.0. The Bertz CT molecular complexity index is 405. The zero-order valence-corrected chi connectivity index (χ0v) is 7.80. The summed E-state index contributed by atoms with van der Waals surface area (Å²) in [5.74, 6) is -1.53. The molecule has 5 heteroatoms. The van der Waals surface area contributed by atoms with E-state index in [9.17, 15) is 17.6 Å². The summed E-state index contributed by atoms with van der Waals surface area (Å²) in [6, 6.07) is 0.147. The van der Waals surface area contributed by atoms with Crippen molar-refractivity contribution in [3.63, 3.8) is 0 Å². The SMILES string of the molecule is CNCC#Cc1c(F)c(F)cc(F)c1F. The van der Waals surface area contributed by atoms with Gasteiger partial charge in [-0.3, -0.25) is 0 Å². The molecular formula is C10H7F4N. The molecule has 0 saturated carbocycles. The van der Waals surface area contributed by atoms with Crippen LogP contribution in [0.3, 0.4) is 0 Å². The van der Waals surface area contributed by atoms with Gasteiger partial charge in [-0.25, -0.2) is 17.6 Å². The van der Waals surface area contributed by atoms with Crippen molar-refractivity contribution in [2.45, 2.75) is 0 Å². The second kappa shape index (κ2) is 4.80. The molecule has 0 spiro atoms. The van der Waals surface area contributed by atoms with Gasteiger partial charge in [0.05, 0.1) is 6.54 Å². The zero-order valence-electron chi connectivity index (χ0n) is 7.80. The fraction of sp³-hybridized carbons (Fsp3) is 0.200. The Labute approximate surface area is 84.1 Å². The normalized spacial score (nSPS) is 9.67. The third kappa shape index (κ3) is 2.48. The first-order valence-electron chi connectivity index (χ1n) is 4.04. The van der Waals surface area contributed by atoms with Gasteiger partial charge in [-0.05, 0) is 7.05 Å². The van der Waals surface area contributed by atoms with E-state index in [4.69, 9.17) is 0 Å². The van der Waals surface area contributed by atoms with Gasteiger partial charge in [-0.15, -0.1) is 0 Å². The van der Waals surface area contributed by atoms with E-state index in [1.807, 2.05) is 5.92 Å². The zero-order chi connectivity index (χ0) is 11.4. The molecule has 0 saturated heterocycles. The molecule has 80 valence electrons. The predicted octanol–water partition coefficient (Wildman–Crippen LogP) is 1.81. The van der Waals surface area contributed by atoms with Crippen LogP contribution in [0.25, 0.3) is 0 Å². The Morgan fingerprint density at radius 3 is 2.13 bits per heavy atom. The monoisotopic (exact) mass is 217 g/mol. The van der Waals surface area contributed by atoms with E-state index in [-0.39, 0.29) is 12.6 Å². The highest BCUT2D eigenvalue weighted by atomic mass is 19.2. The van der Waals surface area contributed by atoms with E-state index in [1.165, 1.54) is 0 Å². The molecule has 0 radical (unpaired) electrons. The minimum Gasteiger partial charge on any atom is -0.309 e. The Morgan fingerprint density at radius 2 is 1.67 bits per heavy atom. The summed E-state index contributed by atoms with van der Waals surface area (Å²) >= 11 is 0.